The molecule has 0 radical (unpaired) electrons. The average Bonchev–Trinajstić information content (AvgIpc) is 2.74. The summed E-state index contributed by atoms with van der Waals surface area (Å²) in [4.78, 5) is 11.6. The Kier molecular flexibility index (Phi) is 4.48. The Morgan fingerprint density at radius 2 is 2.28 bits per heavy atom. The summed E-state index contributed by atoms with van der Waals surface area (Å²) < 4.78 is 10.9. The first-order valence-corrected chi connectivity index (χ1v) is 5.17. The van der Waals surface area contributed by atoms with Gasteiger partial charge in [0.2, 0.25) is 0 Å². The zero-order chi connectivity index (χ0) is 13.6. The van der Waals surface area contributed by atoms with Gasteiger partial charge in [0, 0.05) is 0 Å². The van der Waals surface area contributed by atoms with E-state index in [9.17, 15) is 4.79 Å². The van der Waals surface area contributed by atoms with Gasteiger partial charge >= 0.3 is 105 Å². The summed E-state index contributed by atoms with van der Waals surface area (Å²) in [5.74, 6) is 0. The summed E-state index contributed by atoms with van der Waals surface area (Å²) in [6.45, 7) is 5.24. The number of hydrogen-bond donors (Lipinski definition) is 1. The molecule has 0 saturated heterocycles. The summed E-state index contributed by atoms with van der Waals surface area (Å²) in [7, 11) is 1.07. The molecule has 94 valence electrons. The Morgan fingerprint density at radius 3 is 2.78 bits per heavy atom. The van der Waals surface area contributed by atoms with Crippen molar-refractivity contribution in [1.82, 2.24) is 15.1 Å². The molecule has 7 nitrogen and oxygen atoms in total. The van der Waals surface area contributed by atoms with E-state index in [1.54, 1.807) is 33.0 Å². The van der Waals surface area contributed by atoms with Crippen LogP contribution >= 0.6 is 0 Å². The van der Waals surface area contributed by atoms with Crippen LogP contribution in [-0.4, -0.2) is 34.3 Å². The molecular weight excluding hydrogens is 235 g/mol. The van der Waals surface area contributed by atoms with Crippen molar-refractivity contribution in [3.8, 4) is 6.26 Å². The standard InChI is InChI=1S/C10H13BN4O3/c1-10(2,3)18-9(16)14-8(11-17-7-12)15-6-4-5-13-15/h4-6H,1-3H3,(H,14,16). The van der Waals surface area contributed by atoms with Crippen LogP contribution in [0.1, 0.15) is 20.8 Å². The van der Waals surface area contributed by atoms with Gasteiger partial charge in [0.1, 0.15) is 0 Å². The predicted molar refractivity (Wildman–Crippen MR) is 64.5 cm³/mol. The number of carbonyl (C=O) groups excluding carboxylic acids is 1. The monoisotopic (exact) mass is 248 g/mol. The molecule has 1 N–H and O–H groups in total. The number of carbonyl (C=O) groups is 1. The van der Waals surface area contributed by atoms with Crippen molar-refractivity contribution >= 4 is 18.9 Å². The van der Waals surface area contributed by atoms with Gasteiger partial charge in [-0.25, -0.2) is 0 Å². The van der Waals surface area contributed by atoms with Crippen molar-refractivity contribution < 1.29 is 14.2 Å². The van der Waals surface area contributed by atoms with Crippen molar-refractivity contribution in [2.24, 2.45) is 0 Å². The summed E-state index contributed by atoms with van der Waals surface area (Å²) in [5, 5.41) is 14.7. The maximum absolute atomic E-state index is 11.6. The predicted octanol–water partition coefficient (Wildman–Crippen LogP) is 0.460. The summed E-state index contributed by atoms with van der Waals surface area (Å²) in [6, 6.07) is 1.66. The Hall–Kier alpha value is -2.30. The number of hydrogen-bond acceptors (Lipinski definition) is 5. The fourth-order valence-electron chi connectivity index (χ4n) is 1.04. The molecule has 0 aliphatic rings. The SMILES string of the molecule is CC(C)(C)OC(=O)NC(=BOC#N)n1cccn1. The number of aromatic nitrogens is 2. The molecule has 1 aromatic rings. The Morgan fingerprint density at radius 1 is 1.56 bits per heavy atom. The molecular formula is C10H13BN4O3. The van der Waals surface area contributed by atoms with E-state index < -0.39 is 11.7 Å². The Balaban J connectivity index is 2.75. The third kappa shape index (κ3) is 4.70. The van der Waals surface area contributed by atoms with E-state index >= 15 is 0 Å². The van der Waals surface area contributed by atoms with Gasteiger partial charge in [-0.05, 0) is 0 Å². The molecule has 1 aromatic heterocycles. The number of nitrogens with one attached hydrogen (secondary N) is 1. The topological polar surface area (TPSA) is 89.2 Å². The van der Waals surface area contributed by atoms with Gasteiger partial charge in [0.05, 0.1) is 0 Å². The number of nitrogens with zero attached hydrogens (tertiary/aromatic N) is 3. The summed E-state index contributed by atoms with van der Waals surface area (Å²) >= 11 is 0. The average molecular weight is 248 g/mol. The second-order valence-electron chi connectivity index (χ2n) is 4.29. The number of alkyl carbamates (subject to hydrolysis) is 1. The van der Waals surface area contributed by atoms with Crippen LogP contribution in [-0.2, 0) is 9.39 Å². The van der Waals surface area contributed by atoms with Gasteiger partial charge in [-0.2, -0.15) is 0 Å². The van der Waals surface area contributed by atoms with Gasteiger partial charge in [-0.3, -0.25) is 0 Å². The van der Waals surface area contributed by atoms with Crippen molar-refractivity contribution in [2.45, 2.75) is 26.4 Å². The van der Waals surface area contributed by atoms with Gasteiger partial charge in [0.15, 0.2) is 0 Å². The van der Waals surface area contributed by atoms with Crippen LogP contribution in [0.3, 0.4) is 0 Å². The van der Waals surface area contributed by atoms with Crippen LogP contribution in [0.2, 0.25) is 0 Å². The molecule has 0 aromatic carbocycles. The molecule has 8 heteroatoms. The van der Waals surface area contributed by atoms with E-state index in [1.807, 2.05) is 0 Å². The van der Waals surface area contributed by atoms with Gasteiger partial charge < -0.3 is 0 Å². The molecule has 0 fully saturated rings. The van der Waals surface area contributed by atoms with Crippen LogP contribution in [0.4, 0.5) is 4.79 Å². The van der Waals surface area contributed by atoms with Gasteiger partial charge in [-0.15, -0.1) is 0 Å². The first kappa shape index (κ1) is 13.8. The molecule has 1 heterocycles. The zero-order valence-corrected chi connectivity index (χ0v) is 10.4. The molecule has 0 bridgehead atoms. The number of amides is 1. The van der Waals surface area contributed by atoms with Crippen molar-refractivity contribution in [1.29, 1.82) is 5.26 Å². The molecule has 0 spiro atoms. The Bertz CT molecular complexity index is 470. The molecule has 0 aliphatic heterocycles. The van der Waals surface area contributed by atoms with E-state index in [4.69, 9.17) is 10.00 Å². The first-order valence-electron chi connectivity index (χ1n) is 5.17. The van der Waals surface area contributed by atoms with Crippen molar-refractivity contribution in [3.05, 3.63) is 18.5 Å². The molecule has 1 amide bonds. The molecule has 18 heavy (non-hydrogen) atoms. The van der Waals surface area contributed by atoms with Gasteiger partial charge in [0.25, 0.3) is 0 Å². The second-order valence-corrected chi connectivity index (χ2v) is 4.29. The van der Waals surface area contributed by atoms with E-state index in [1.165, 1.54) is 17.1 Å². The van der Waals surface area contributed by atoms with Crippen LogP contribution in [0.25, 0.3) is 0 Å². The number of ether oxygens (including phenoxy) is 1. The molecule has 1 rings (SSSR count). The normalized spacial score (nSPS) is 11.1. The minimum absolute atomic E-state index is 0.177. The van der Waals surface area contributed by atoms with Crippen LogP contribution in [0.5, 0.6) is 0 Å². The number of rotatable bonds is 3. The molecule has 0 unspecified atom stereocenters. The van der Waals surface area contributed by atoms with Crippen molar-refractivity contribution in [3.63, 3.8) is 0 Å². The van der Waals surface area contributed by atoms with Crippen LogP contribution < -0.4 is 5.32 Å². The molecule has 0 aliphatic carbocycles. The molecule has 0 atom stereocenters. The first-order chi connectivity index (χ1) is 8.42. The van der Waals surface area contributed by atoms with E-state index in [0.29, 0.717) is 0 Å². The summed E-state index contributed by atoms with van der Waals surface area (Å²) in [5.41, 5.74) is -0.439. The van der Waals surface area contributed by atoms with Gasteiger partial charge in [-0.1, -0.05) is 0 Å². The van der Waals surface area contributed by atoms with Crippen molar-refractivity contribution in [2.75, 3.05) is 0 Å². The fraction of sp³-hybridized carbons (Fsp3) is 0.400. The van der Waals surface area contributed by atoms with E-state index in [-0.39, 0.29) is 5.71 Å². The zero-order valence-electron chi connectivity index (χ0n) is 10.4. The Labute approximate surface area is 105 Å². The molecule has 0 saturated carbocycles. The van der Waals surface area contributed by atoms with E-state index in [0.717, 1.165) is 7.12 Å². The quantitative estimate of drug-likeness (QED) is 0.620. The third-order valence-corrected chi connectivity index (χ3v) is 1.60. The van der Waals surface area contributed by atoms with Crippen LogP contribution in [0.15, 0.2) is 18.5 Å². The third-order valence-electron chi connectivity index (χ3n) is 1.60. The minimum atomic E-state index is -0.661. The van der Waals surface area contributed by atoms with Crippen LogP contribution in [0, 0.1) is 11.5 Å². The summed E-state index contributed by atoms with van der Waals surface area (Å²) in [6.07, 6.45) is 3.92. The fourth-order valence-corrected chi connectivity index (χ4v) is 1.04. The van der Waals surface area contributed by atoms with E-state index in [2.05, 4.69) is 15.1 Å². The number of nitriles is 1. The maximum atomic E-state index is 11.6. The second kappa shape index (κ2) is 5.86.